The third-order valence-electron chi connectivity index (χ3n) is 7.15. The van der Waals surface area contributed by atoms with Crippen LogP contribution in [0.3, 0.4) is 0 Å². The number of hydrogen-bond acceptors (Lipinski definition) is 7. The van der Waals surface area contributed by atoms with Crippen molar-refractivity contribution < 1.29 is 27.8 Å². The Hall–Kier alpha value is -3.16. The largest absolute Gasteiger partial charge is 0.486 e. The molecule has 0 radical (unpaired) electrons. The summed E-state index contributed by atoms with van der Waals surface area (Å²) in [7, 11) is 0. The highest BCUT2D eigenvalue weighted by atomic mass is 35.5. The minimum absolute atomic E-state index is 0.0218. The van der Waals surface area contributed by atoms with Crippen molar-refractivity contribution in [2.24, 2.45) is 11.8 Å². The van der Waals surface area contributed by atoms with E-state index in [2.05, 4.69) is 10.3 Å². The summed E-state index contributed by atoms with van der Waals surface area (Å²) < 4.78 is 48.0. The zero-order valence-electron chi connectivity index (χ0n) is 20.5. The van der Waals surface area contributed by atoms with Crippen LogP contribution in [0, 0.1) is 34.8 Å². The molecule has 1 aromatic carbocycles. The molecule has 1 aliphatic carbocycles. The molecular weight excluding hydrogens is 506 g/mol. The predicted octanol–water partition coefficient (Wildman–Crippen LogP) is 5.21. The van der Waals surface area contributed by atoms with Crippen LogP contribution in [-0.4, -0.2) is 54.0 Å². The molecule has 3 heterocycles. The number of fused-ring (bicyclic) bond motifs is 2. The second-order valence-electron chi connectivity index (χ2n) is 10.0. The van der Waals surface area contributed by atoms with Crippen molar-refractivity contribution in [1.82, 2.24) is 9.88 Å². The lowest BCUT2D eigenvalue weighted by molar-refractivity contribution is -0.111. The number of anilines is 2. The fraction of sp³-hybridized carbons (Fsp3) is 0.500. The van der Waals surface area contributed by atoms with Crippen molar-refractivity contribution in [3.63, 3.8) is 0 Å². The summed E-state index contributed by atoms with van der Waals surface area (Å²) in [5.41, 5.74) is 0.0372. The Morgan fingerprint density at radius 3 is 2.62 bits per heavy atom. The standard InChI is InChI=1S/C26H27ClF2N4O4/c1-3-15-9-31-24(32-21-18(27)6-14(8-30)7-19(21)28)20(29)23(15)36-22-16-10-33(11-17(22)13-35-12-16)25(34)37-26(2)4-5-26/h6-7,9,16-17,22H,3-5,10-13H2,1-2H3,(H,31,32). The summed E-state index contributed by atoms with van der Waals surface area (Å²) in [6, 6.07) is 4.11. The molecule has 196 valence electrons. The van der Waals surface area contributed by atoms with Gasteiger partial charge in [0.25, 0.3) is 0 Å². The van der Waals surface area contributed by atoms with Gasteiger partial charge in [-0.1, -0.05) is 18.5 Å². The highest BCUT2D eigenvalue weighted by Gasteiger charge is 2.47. The summed E-state index contributed by atoms with van der Waals surface area (Å²) in [5, 5.41) is 11.5. The van der Waals surface area contributed by atoms with Gasteiger partial charge in [-0.3, -0.25) is 0 Å². The number of nitrogens with zero attached hydrogens (tertiary/aromatic N) is 3. The maximum absolute atomic E-state index is 15.8. The van der Waals surface area contributed by atoms with E-state index in [4.69, 9.17) is 31.1 Å². The second-order valence-corrected chi connectivity index (χ2v) is 10.5. The van der Waals surface area contributed by atoms with E-state index in [-0.39, 0.29) is 57.5 Å². The van der Waals surface area contributed by atoms with Gasteiger partial charge in [-0.15, -0.1) is 0 Å². The Labute approximate surface area is 218 Å². The van der Waals surface area contributed by atoms with Crippen LogP contribution in [0.5, 0.6) is 5.75 Å². The number of nitrogens with one attached hydrogen (secondary N) is 1. The van der Waals surface area contributed by atoms with E-state index >= 15 is 4.39 Å². The molecule has 8 nitrogen and oxygen atoms in total. The molecule has 2 aliphatic heterocycles. The quantitative estimate of drug-likeness (QED) is 0.545. The first kappa shape index (κ1) is 25.5. The molecule has 0 spiro atoms. The molecule has 5 rings (SSSR count). The van der Waals surface area contributed by atoms with Crippen molar-refractivity contribution in [3.05, 3.63) is 46.1 Å². The molecule has 11 heteroatoms. The van der Waals surface area contributed by atoms with E-state index in [1.54, 1.807) is 4.90 Å². The molecular formula is C26H27ClF2N4O4. The molecule has 1 amide bonds. The highest BCUT2D eigenvalue weighted by Crippen LogP contribution is 2.41. The van der Waals surface area contributed by atoms with Crippen molar-refractivity contribution in [2.45, 2.75) is 44.8 Å². The van der Waals surface area contributed by atoms with Crippen LogP contribution >= 0.6 is 11.6 Å². The lowest BCUT2D eigenvalue weighted by Gasteiger charge is -2.46. The average molecular weight is 533 g/mol. The number of hydrogen-bond donors (Lipinski definition) is 1. The smallest absolute Gasteiger partial charge is 0.410 e. The number of halogens is 3. The average Bonchev–Trinajstić information content (AvgIpc) is 3.59. The Morgan fingerprint density at radius 1 is 1.32 bits per heavy atom. The van der Waals surface area contributed by atoms with Crippen LogP contribution in [0.1, 0.15) is 37.8 Å². The Bertz CT molecular complexity index is 1230. The number of benzene rings is 1. The highest BCUT2D eigenvalue weighted by molar-refractivity contribution is 6.33. The maximum Gasteiger partial charge on any atom is 0.410 e. The molecule has 3 fully saturated rings. The summed E-state index contributed by atoms with van der Waals surface area (Å²) >= 11 is 6.13. The third-order valence-corrected chi connectivity index (χ3v) is 7.44. The van der Waals surface area contributed by atoms with E-state index in [0.29, 0.717) is 38.3 Å². The number of amides is 1. The van der Waals surface area contributed by atoms with Crippen LogP contribution in [0.4, 0.5) is 25.1 Å². The summed E-state index contributed by atoms with van der Waals surface area (Å²) in [5.74, 6) is -2.16. The number of ether oxygens (including phenoxy) is 3. The molecule has 1 aromatic heterocycles. The van der Waals surface area contributed by atoms with Gasteiger partial charge in [-0.25, -0.2) is 14.2 Å². The van der Waals surface area contributed by atoms with E-state index in [1.807, 2.05) is 19.9 Å². The molecule has 3 aliphatic rings. The number of likely N-dealkylation sites (tertiary alicyclic amines) is 1. The van der Waals surface area contributed by atoms with Crippen molar-refractivity contribution in [3.8, 4) is 11.8 Å². The monoisotopic (exact) mass is 532 g/mol. The number of pyridine rings is 1. The van der Waals surface area contributed by atoms with Crippen LogP contribution < -0.4 is 10.1 Å². The maximum atomic E-state index is 15.8. The van der Waals surface area contributed by atoms with Crippen LogP contribution in [0.25, 0.3) is 0 Å². The van der Waals surface area contributed by atoms with E-state index < -0.39 is 11.6 Å². The normalized spacial score (nSPS) is 23.7. The molecule has 2 saturated heterocycles. The van der Waals surface area contributed by atoms with E-state index in [0.717, 1.165) is 18.9 Å². The predicted molar refractivity (Wildman–Crippen MR) is 131 cm³/mol. The lowest BCUT2D eigenvalue weighted by Crippen LogP contribution is -2.59. The number of rotatable bonds is 6. The first-order chi connectivity index (χ1) is 17.7. The molecule has 1 N–H and O–H groups in total. The third kappa shape index (κ3) is 5.15. The van der Waals surface area contributed by atoms with E-state index in [9.17, 15) is 9.18 Å². The fourth-order valence-electron chi connectivity index (χ4n) is 4.78. The number of aryl methyl sites for hydroxylation is 1. The minimum Gasteiger partial charge on any atom is -0.486 e. The Balaban J connectivity index is 1.38. The summed E-state index contributed by atoms with van der Waals surface area (Å²) in [6.45, 7) is 5.27. The van der Waals surface area contributed by atoms with Gasteiger partial charge >= 0.3 is 6.09 Å². The number of piperidine rings is 1. The molecule has 2 bridgehead atoms. The summed E-state index contributed by atoms with van der Waals surface area (Å²) in [6.07, 6.45) is 2.94. The van der Waals surface area contributed by atoms with Crippen LogP contribution in [0.2, 0.25) is 5.02 Å². The number of carbonyl (C=O) groups excluding carboxylic acids is 1. The Morgan fingerprint density at radius 2 is 2.03 bits per heavy atom. The van der Waals surface area contributed by atoms with Gasteiger partial charge in [0.1, 0.15) is 17.5 Å². The first-order valence-electron chi connectivity index (χ1n) is 12.3. The van der Waals surface area contributed by atoms with Crippen LogP contribution in [0.15, 0.2) is 18.3 Å². The Kier molecular flexibility index (Phi) is 6.86. The lowest BCUT2D eigenvalue weighted by atomic mass is 9.84. The summed E-state index contributed by atoms with van der Waals surface area (Å²) in [4.78, 5) is 18.5. The minimum atomic E-state index is -0.807. The molecule has 37 heavy (non-hydrogen) atoms. The zero-order valence-corrected chi connectivity index (χ0v) is 21.3. The van der Waals surface area contributed by atoms with Gasteiger partial charge in [0.15, 0.2) is 11.6 Å². The molecule has 2 atom stereocenters. The zero-order chi connectivity index (χ0) is 26.3. The SMILES string of the molecule is CCc1cnc(Nc2c(F)cc(C#N)cc2Cl)c(F)c1OC1C2COCC1CN(C(=O)OC1(C)CC1)C2. The topological polar surface area (TPSA) is 96.7 Å². The van der Waals surface area contributed by atoms with Gasteiger partial charge in [-0.05, 0) is 38.3 Å². The van der Waals surface area contributed by atoms with Gasteiger partial charge in [0.05, 0.1) is 35.6 Å². The number of nitriles is 1. The van der Waals surface area contributed by atoms with Crippen molar-refractivity contribution >= 4 is 29.2 Å². The number of carbonyl (C=O) groups is 1. The van der Waals surface area contributed by atoms with Gasteiger partial charge in [0, 0.05) is 36.7 Å². The first-order valence-corrected chi connectivity index (χ1v) is 12.6. The van der Waals surface area contributed by atoms with Crippen molar-refractivity contribution in [1.29, 1.82) is 5.26 Å². The van der Waals surface area contributed by atoms with Gasteiger partial charge in [-0.2, -0.15) is 9.65 Å². The molecule has 1 saturated carbocycles. The second kappa shape index (κ2) is 9.95. The fourth-order valence-corrected chi connectivity index (χ4v) is 5.03. The van der Waals surface area contributed by atoms with E-state index in [1.165, 1.54) is 12.3 Å². The molecule has 2 aromatic rings. The van der Waals surface area contributed by atoms with Crippen molar-refractivity contribution in [2.75, 3.05) is 31.6 Å². The van der Waals surface area contributed by atoms with Gasteiger partial charge in [0.2, 0.25) is 5.82 Å². The number of aromatic nitrogens is 1. The van der Waals surface area contributed by atoms with Crippen LogP contribution in [-0.2, 0) is 15.9 Å². The van der Waals surface area contributed by atoms with Gasteiger partial charge < -0.3 is 24.4 Å². The molecule has 2 unspecified atom stereocenters.